The number of hydrogen-bond donors (Lipinski definition) is 1. The van der Waals surface area contributed by atoms with Crippen molar-refractivity contribution in [1.82, 2.24) is 0 Å². The molecule has 0 heterocycles. The van der Waals surface area contributed by atoms with Crippen LogP contribution >= 0.6 is 0 Å². The number of nitrogens with two attached hydrogens (primary N) is 1. The van der Waals surface area contributed by atoms with Crippen molar-refractivity contribution in [3.05, 3.63) is 35.4 Å². The summed E-state index contributed by atoms with van der Waals surface area (Å²) in [5.74, 6) is 1.40. The third kappa shape index (κ3) is 1.69. The van der Waals surface area contributed by atoms with Crippen LogP contribution in [0.3, 0.4) is 0 Å². The molecule has 0 spiro atoms. The standard InChI is InChI=1S/C13H19N/c1-9-7-10(2)11-5-3-4-6-12(11)13(14)8-9/h3-6,9-10,13H,7-8,14H2,1-2H3. The van der Waals surface area contributed by atoms with Gasteiger partial charge in [-0.25, -0.2) is 0 Å². The van der Waals surface area contributed by atoms with Crippen LogP contribution in [-0.4, -0.2) is 0 Å². The number of hydrogen-bond acceptors (Lipinski definition) is 1. The normalized spacial score (nSPS) is 32.1. The van der Waals surface area contributed by atoms with Gasteiger partial charge in [-0.2, -0.15) is 0 Å². The highest BCUT2D eigenvalue weighted by Crippen LogP contribution is 2.36. The summed E-state index contributed by atoms with van der Waals surface area (Å²) in [6.45, 7) is 4.62. The van der Waals surface area contributed by atoms with Gasteiger partial charge < -0.3 is 5.73 Å². The van der Waals surface area contributed by atoms with E-state index in [0.29, 0.717) is 5.92 Å². The highest BCUT2D eigenvalue weighted by atomic mass is 14.6. The lowest BCUT2D eigenvalue weighted by molar-refractivity contribution is 0.440. The Morgan fingerprint density at radius 3 is 2.43 bits per heavy atom. The summed E-state index contributed by atoms with van der Waals surface area (Å²) in [7, 11) is 0. The monoisotopic (exact) mass is 189 g/mol. The second kappa shape index (κ2) is 3.74. The smallest absolute Gasteiger partial charge is 0.0300 e. The molecule has 76 valence electrons. The summed E-state index contributed by atoms with van der Waals surface area (Å²) in [6.07, 6.45) is 2.39. The molecule has 0 fully saturated rings. The van der Waals surface area contributed by atoms with Crippen LogP contribution in [0.2, 0.25) is 0 Å². The van der Waals surface area contributed by atoms with E-state index in [9.17, 15) is 0 Å². The minimum Gasteiger partial charge on any atom is -0.324 e. The molecule has 0 aromatic heterocycles. The van der Waals surface area contributed by atoms with Crippen molar-refractivity contribution in [1.29, 1.82) is 0 Å². The molecular weight excluding hydrogens is 170 g/mol. The fourth-order valence-corrected chi connectivity index (χ4v) is 2.68. The molecule has 0 aliphatic heterocycles. The molecule has 1 aromatic rings. The topological polar surface area (TPSA) is 26.0 Å². The molecule has 0 radical (unpaired) electrons. The SMILES string of the molecule is CC1CC(C)c2ccccc2C(N)C1. The average molecular weight is 189 g/mol. The van der Waals surface area contributed by atoms with Crippen LogP contribution in [0.25, 0.3) is 0 Å². The van der Waals surface area contributed by atoms with E-state index in [1.807, 2.05) is 0 Å². The third-order valence-electron chi connectivity index (χ3n) is 3.34. The van der Waals surface area contributed by atoms with Crippen LogP contribution in [0.4, 0.5) is 0 Å². The minimum atomic E-state index is 0.242. The first-order valence-electron chi connectivity index (χ1n) is 5.53. The van der Waals surface area contributed by atoms with Crippen molar-refractivity contribution in [2.24, 2.45) is 11.7 Å². The lowest BCUT2D eigenvalue weighted by Crippen LogP contribution is -2.12. The zero-order valence-electron chi connectivity index (χ0n) is 9.03. The molecule has 1 heteroatoms. The first-order chi connectivity index (χ1) is 6.68. The molecule has 1 aliphatic carbocycles. The largest absolute Gasteiger partial charge is 0.324 e. The molecule has 1 aliphatic rings. The summed E-state index contributed by atoms with van der Waals surface area (Å²) < 4.78 is 0. The van der Waals surface area contributed by atoms with Crippen molar-refractivity contribution >= 4 is 0 Å². The van der Waals surface area contributed by atoms with Gasteiger partial charge in [0.25, 0.3) is 0 Å². The maximum absolute atomic E-state index is 6.20. The quantitative estimate of drug-likeness (QED) is 0.623. The van der Waals surface area contributed by atoms with E-state index < -0.39 is 0 Å². The van der Waals surface area contributed by atoms with Gasteiger partial charge in [0.2, 0.25) is 0 Å². The zero-order chi connectivity index (χ0) is 10.1. The summed E-state index contributed by atoms with van der Waals surface area (Å²) in [6, 6.07) is 8.89. The van der Waals surface area contributed by atoms with E-state index >= 15 is 0 Å². The zero-order valence-corrected chi connectivity index (χ0v) is 9.03. The number of rotatable bonds is 0. The van der Waals surface area contributed by atoms with Crippen LogP contribution in [-0.2, 0) is 0 Å². The van der Waals surface area contributed by atoms with Crippen LogP contribution in [0, 0.1) is 5.92 Å². The van der Waals surface area contributed by atoms with Crippen molar-refractivity contribution in [2.75, 3.05) is 0 Å². The highest BCUT2D eigenvalue weighted by Gasteiger charge is 2.23. The van der Waals surface area contributed by atoms with E-state index in [4.69, 9.17) is 5.73 Å². The first-order valence-corrected chi connectivity index (χ1v) is 5.53. The Morgan fingerprint density at radius 2 is 1.71 bits per heavy atom. The average Bonchev–Trinajstić information content (AvgIpc) is 2.26. The maximum Gasteiger partial charge on any atom is 0.0300 e. The first kappa shape index (κ1) is 9.72. The molecule has 0 saturated carbocycles. The molecule has 2 N–H and O–H groups in total. The maximum atomic E-state index is 6.20. The summed E-state index contributed by atoms with van der Waals surface area (Å²) >= 11 is 0. The van der Waals surface area contributed by atoms with Crippen LogP contribution in [0.5, 0.6) is 0 Å². The van der Waals surface area contributed by atoms with E-state index in [-0.39, 0.29) is 6.04 Å². The van der Waals surface area contributed by atoms with Crippen molar-refractivity contribution in [3.8, 4) is 0 Å². The van der Waals surface area contributed by atoms with Crippen molar-refractivity contribution < 1.29 is 0 Å². The molecule has 2 rings (SSSR count). The third-order valence-corrected chi connectivity index (χ3v) is 3.34. The fraction of sp³-hybridized carbons (Fsp3) is 0.538. The van der Waals surface area contributed by atoms with Gasteiger partial charge in [0, 0.05) is 6.04 Å². The van der Waals surface area contributed by atoms with Gasteiger partial charge in [-0.05, 0) is 35.8 Å². The second-order valence-electron chi connectivity index (χ2n) is 4.71. The Labute approximate surface area is 86.3 Å². The Bertz CT molecular complexity index is 288. The van der Waals surface area contributed by atoms with Gasteiger partial charge in [-0.15, -0.1) is 0 Å². The minimum absolute atomic E-state index is 0.242. The van der Waals surface area contributed by atoms with E-state index in [1.165, 1.54) is 17.5 Å². The van der Waals surface area contributed by atoms with Gasteiger partial charge in [0.1, 0.15) is 0 Å². The Kier molecular flexibility index (Phi) is 2.60. The van der Waals surface area contributed by atoms with Gasteiger partial charge in [0.05, 0.1) is 0 Å². The van der Waals surface area contributed by atoms with E-state index in [1.54, 1.807) is 0 Å². The van der Waals surface area contributed by atoms with Gasteiger partial charge in [0.15, 0.2) is 0 Å². The molecular formula is C13H19N. The molecule has 14 heavy (non-hydrogen) atoms. The summed E-state index contributed by atoms with van der Waals surface area (Å²) in [5.41, 5.74) is 9.03. The molecule has 0 saturated heterocycles. The summed E-state index contributed by atoms with van der Waals surface area (Å²) in [5, 5.41) is 0. The molecule has 1 aromatic carbocycles. The summed E-state index contributed by atoms with van der Waals surface area (Å²) in [4.78, 5) is 0. The predicted octanol–water partition coefficient (Wildman–Crippen LogP) is 3.22. The molecule has 0 bridgehead atoms. The van der Waals surface area contributed by atoms with Crippen LogP contribution < -0.4 is 5.73 Å². The highest BCUT2D eigenvalue weighted by molar-refractivity contribution is 5.33. The second-order valence-corrected chi connectivity index (χ2v) is 4.71. The Balaban J connectivity index is 2.42. The van der Waals surface area contributed by atoms with Crippen molar-refractivity contribution in [3.63, 3.8) is 0 Å². The van der Waals surface area contributed by atoms with Gasteiger partial charge in [-0.3, -0.25) is 0 Å². The molecule has 3 atom stereocenters. The van der Waals surface area contributed by atoms with Crippen LogP contribution in [0.1, 0.15) is 49.8 Å². The number of benzene rings is 1. The van der Waals surface area contributed by atoms with Crippen LogP contribution in [0.15, 0.2) is 24.3 Å². The lowest BCUT2D eigenvalue weighted by Gasteiger charge is -2.14. The molecule has 0 amide bonds. The molecule has 3 unspecified atom stereocenters. The van der Waals surface area contributed by atoms with Crippen molar-refractivity contribution in [2.45, 2.75) is 38.6 Å². The Morgan fingerprint density at radius 1 is 1.07 bits per heavy atom. The lowest BCUT2D eigenvalue weighted by atomic mass is 9.92. The fourth-order valence-electron chi connectivity index (χ4n) is 2.68. The van der Waals surface area contributed by atoms with E-state index in [2.05, 4.69) is 38.1 Å². The van der Waals surface area contributed by atoms with Gasteiger partial charge >= 0.3 is 0 Å². The van der Waals surface area contributed by atoms with Gasteiger partial charge in [-0.1, -0.05) is 38.1 Å². The Hall–Kier alpha value is -0.820. The van der Waals surface area contributed by atoms with E-state index in [0.717, 1.165) is 12.3 Å². The molecule has 1 nitrogen and oxygen atoms in total. The predicted molar refractivity (Wildman–Crippen MR) is 60.2 cm³/mol. The number of fused-ring (bicyclic) bond motifs is 1.